The molecule has 86 valence electrons. The first-order chi connectivity index (χ1) is 7.33. The second-order valence-corrected chi connectivity index (χ2v) is 3.81. The van der Waals surface area contributed by atoms with E-state index in [4.69, 9.17) is 0 Å². The molecule has 0 atom stereocenters. The van der Waals surface area contributed by atoms with Gasteiger partial charge in [0, 0.05) is 32.0 Å². The fraction of sp³-hybridized carbons (Fsp3) is 0.727. The van der Waals surface area contributed by atoms with Crippen molar-refractivity contribution in [1.29, 1.82) is 0 Å². The molecule has 1 aromatic rings. The maximum Gasteiger partial charge on any atom is 0.0945 e. The molecule has 0 aliphatic rings. The highest BCUT2D eigenvalue weighted by molar-refractivity contribution is 4.73. The molecule has 0 unspecified atom stereocenters. The lowest BCUT2D eigenvalue weighted by Crippen LogP contribution is -2.30. The third-order valence-electron chi connectivity index (χ3n) is 2.44. The van der Waals surface area contributed by atoms with Gasteiger partial charge in [-0.25, -0.2) is 4.98 Å². The molecule has 0 aromatic carbocycles. The maximum absolute atomic E-state index is 4.02. The summed E-state index contributed by atoms with van der Waals surface area (Å²) in [6.07, 6.45) is 6.89. The second-order valence-electron chi connectivity index (χ2n) is 3.81. The molecule has 1 aromatic heterocycles. The minimum absolute atomic E-state index is 1.06. The van der Waals surface area contributed by atoms with E-state index in [0.29, 0.717) is 0 Å². The van der Waals surface area contributed by atoms with E-state index in [-0.39, 0.29) is 0 Å². The third kappa shape index (κ3) is 5.54. The normalized spacial score (nSPS) is 11.1. The smallest absolute Gasteiger partial charge is 0.0945 e. The highest BCUT2D eigenvalue weighted by Crippen LogP contribution is 1.92. The number of aromatic nitrogens is 2. The molecule has 0 saturated heterocycles. The Bertz CT molecular complexity index is 233. The summed E-state index contributed by atoms with van der Waals surface area (Å²) >= 11 is 0. The van der Waals surface area contributed by atoms with Gasteiger partial charge >= 0.3 is 0 Å². The first kappa shape index (κ1) is 12.2. The van der Waals surface area contributed by atoms with E-state index < -0.39 is 0 Å². The van der Waals surface area contributed by atoms with Crippen LogP contribution in [0.1, 0.15) is 13.3 Å². The van der Waals surface area contributed by atoms with Crippen LogP contribution >= 0.6 is 0 Å². The summed E-state index contributed by atoms with van der Waals surface area (Å²) in [7, 11) is 2.17. The lowest BCUT2D eigenvalue weighted by Gasteiger charge is -2.16. The van der Waals surface area contributed by atoms with Crippen LogP contribution in [-0.2, 0) is 6.54 Å². The molecule has 1 N–H and O–H groups in total. The van der Waals surface area contributed by atoms with E-state index in [1.807, 2.05) is 18.7 Å². The van der Waals surface area contributed by atoms with Gasteiger partial charge in [0.25, 0.3) is 0 Å². The molecule has 1 heterocycles. The minimum atomic E-state index is 1.06. The molecular formula is C11H22N4. The van der Waals surface area contributed by atoms with Gasteiger partial charge < -0.3 is 14.8 Å². The molecule has 4 heteroatoms. The average molecular weight is 210 g/mol. The summed E-state index contributed by atoms with van der Waals surface area (Å²) in [5, 5.41) is 3.33. The van der Waals surface area contributed by atoms with Crippen LogP contribution < -0.4 is 5.32 Å². The Kier molecular flexibility index (Phi) is 6.04. The Morgan fingerprint density at radius 1 is 1.40 bits per heavy atom. The number of nitrogens with zero attached hydrogens (tertiary/aromatic N) is 3. The quantitative estimate of drug-likeness (QED) is 0.645. The van der Waals surface area contributed by atoms with Gasteiger partial charge in [0.05, 0.1) is 6.33 Å². The number of likely N-dealkylation sites (N-methyl/N-ethyl adjacent to an activating group) is 2. The van der Waals surface area contributed by atoms with Crippen LogP contribution in [0.15, 0.2) is 18.7 Å². The van der Waals surface area contributed by atoms with Gasteiger partial charge in [-0.15, -0.1) is 0 Å². The van der Waals surface area contributed by atoms with Gasteiger partial charge in [-0.3, -0.25) is 0 Å². The predicted molar refractivity (Wildman–Crippen MR) is 62.9 cm³/mol. The van der Waals surface area contributed by atoms with Crippen molar-refractivity contribution >= 4 is 0 Å². The molecule has 0 aliphatic heterocycles. The molecule has 0 amide bonds. The molecule has 0 bridgehead atoms. The van der Waals surface area contributed by atoms with E-state index >= 15 is 0 Å². The van der Waals surface area contributed by atoms with Gasteiger partial charge in [0.15, 0.2) is 0 Å². The summed E-state index contributed by atoms with van der Waals surface area (Å²) < 4.78 is 2.12. The number of aryl methyl sites for hydroxylation is 1. The zero-order chi connectivity index (χ0) is 10.9. The predicted octanol–water partition coefficient (Wildman–Crippen LogP) is 0.814. The van der Waals surface area contributed by atoms with E-state index in [1.165, 1.54) is 6.42 Å². The van der Waals surface area contributed by atoms with Crippen molar-refractivity contribution in [2.24, 2.45) is 0 Å². The Labute approximate surface area is 92.3 Å². The first-order valence-corrected chi connectivity index (χ1v) is 5.68. The first-order valence-electron chi connectivity index (χ1n) is 5.68. The molecule has 1 rings (SSSR count). The zero-order valence-electron chi connectivity index (χ0n) is 9.82. The van der Waals surface area contributed by atoms with Crippen molar-refractivity contribution in [2.75, 3.05) is 33.2 Å². The van der Waals surface area contributed by atoms with Crippen molar-refractivity contribution in [1.82, 2.24) is 19.8 Å². The highest BCUT2D eigenvalue weighted by atomic mass is 15.1. The standard InChI is InChI=1S/C11H22N4/c1-3-12-5-9-14(2)7-4-8-15-10-6-13-11-15/h6,10-12H,3-5,7-9H2,1-2H3. The van der Waals surface area contributed by atoms with Gasteiger partial charge in [-0.2, -0.15) is 0 Å². The summed E-state index contributed by atoms with van der Waals surface area (Å²) in [6.45, 7) is 7.60. The highest BCUT2D eigenvalue weighted by Gasteiger charge is 1.97. The number of rotatable bonds is 8. The van der Waals surface area contributed by atoms with Gasteiger partial charge in [-0.1, -0.05) is 6.92 Å². The van der Waals surface area contributed by atoms with Crippen molar-refractivity contribution in [3.05, 3.63) is 18.7 Å². The molecule has 0 spiro atoms. The van der Waals surface area contributed by atoms with E-state index in [1.54, 1.807) is 0 Å². The molecular weight excluding hydrogens is 188 g/mol. The summed E-state index contributed by atoms with van der Waals surface area (Å²) in [5.41, 5.74) is 0. The maximum atomic E-state index is 4.02. The van der Waals surface area contributed by atoms with E-state index in [9.17, 15) is 0 Å². The SMILES string of the molecule is CCNCCN(C)CCCn1ccnc1. The lowest BCUT2D eigenvalue weighted by atomic mass is 10.4. The number of nitrogens with one attached hydrogen (secondary N) is 1. The number of hydrogen-bond donors (Lipinski definition) is 1. The van der Waals surface area contributed by atoms with Gasteiger partial charge in [0.2, 0.25) is 0 Å². The summed E-state index contributed by atoms with van der Waals surface area (Å²) in [5.74, 6) is 0. The molecule has 0 saturated carbocycles. The van der Waals surface area contributed by atoms with Crippen molar-refractivity contribution < 1.29 is 0 Å². The molecule has 0 aliphatic carbocycles. The van der Waals surface area contributed by atoms with Crippen LogP contribution in [0.4, 0.5) is 0 Å². The van der Waals surface area contributed by atoms with Gasteiger partial charge in [0.1, 0.15) is 0 Å². The van der Waals surface area contributed by atoms with Crippen LogP contribution in [0.2, 0.25) is 0 Å². The summed E-state index contributed by atoms with van der Waals surface area (Å²) in [6, 6.07) is 0. The largest absolute Gasteiger partial charge is 0.337 e. The monoisotopic (exact) mass is 210 g/mol. The average Bonchev–Trinajstić information content (AvgIpc) is 2.71. The van der Waals surface area contributed by atoms with Crippen LogP contribution in [0.5, 0.6) is 0 Å². The third-order valence-corrected chi connectivity index (χ3v) is 2.44. The van der Waals surface area contributed by atoms with Crippen molar-refractivity contribution in [3.8, 4) is 0 Å². The zero-order valence-corrected chi connectivity index (χ0v) is 9.82. The summed E-state index contributed by atoms with van der Waals surface area (Å²) in [4.78, 5) is 6.38. The number of imidazole rings is 1. The van der Waals surface area contributed by atoms with Crippen LogP contribution in [-0.4, -0.2) is 47.7 Å². The van der Waals surface area contributed by atoms with Crippen molar-refractivity contribution in [3.63, 3.8) is 0 Å². The topological polar surface area (TPSA) is 33.1 Å². The lowest BCUT2D eigenvalue weighted by molar-refractivity contribution is 0.320. The van der Waals surface area contributed by atoms with E-state index in [0.717, 1.165) is 32.7 Å². The van der Waals surface area contributed by atoms with Crippen LogP contribution in [0.3, 0.4) is 0 Å². The van der Waals surface area contributed by atoms with Crippen molar-refractivity contribution in [2.45, 2.75) is 19.9 Å². The Morgan fingerprint density at radius 3 is 2.93 bits per heavy atom. The Hall–Kier alpha value is -0.870. The Morgan fingerprint density at radius 2 is 2.27 bits per heavy atom. The fourth-order valence-electron chi connectivity index (χ4n) is 1.50. The number of hydrogen-bond acceptors (Lipinski definition) is 3. The molecule has 0 radical (unpaired) electrons. The van der Waals surface area contributed by atoms with Gasteiger partial charge in [-0.05, 0) is 26.6 Å². The fourth-order valence-corrected chi connectivity index (χ4v) is 1.50. The Balaban J connectivity index is 1.99. The molecule has 15 heavy (non-hydrogen) atoms. The van der Waals surface area contributed by atoms with Crippen LogP contribution in [0, 0.1) is 0 Å². The minimum Gasteiger partial charge on any atom is -0.337 e. The van der Waals surface area contributed by atoms with Crippen LogP contribution in [0.25, 0.3) is 0 Å². The second kappa shape index (κ2) is 7.43. The van der Waals surface area contributed by atoms with E-state index in [2.05, 4.69) is 33.7 Å². The molecule has 4 nitrogen and oxygen atoms in total. The molecule has 0 fully saturated rings.